The quantitative estimate of drug-likeness (QED) is 0.493. The molecule has 0 unspecified atom stereocenters. The summed E-state index contributed by atoms with van der Waals surface area (Å²) in [5, 5.41) is 9.04. The van der Waals surface area contributed by atoms with Gasteiger partial charge in [0.25, 0.3) is 0 Å². The van der Waals surface area contributed by atoms with E-state index in [9.17, 15) is 4.79 Å². The molecule has 5 rings (SSSR count). The van der Waals surface area contributed by atoms with Gasteiger partial charge >= 0.3 is 0 Å². The summed E-state index contributed by atoms with van der Waals surface area (Å²) >= 11 is 0. The zero-order valence-electron chi connectivity index (χ0n) is 19.6. The number of hydrogen-bond donors (Lipinski definition) is 0. The number of hydrogen-bond acceptors (Lipinski definition) is 4. The highest BCUT2D eigenvalue weighted by molar-refractivity contribution is 5.82. The van der Waals surface area contributed by atoms with Gasteiger partial charge in [-0.2, -0.15) is 5.26 Å². The second-order valence-electron chi connectivity index (χ2n) is 9.53. The summed E-state index contributed by atoms with van der Waals surface area (Å²) in [4.78, 5) is 14.8. The van der Waals surface area contributed by atoms with Crippen LogP contribution in [0.3, 0.4) is 0 Å². The summed E-state index contributed by atoms with van der Waals surface area (Å²) in [5.41, 5.74) is 4.07. The molecule has 1 atom stereocenters. The second kappa shape index (κ2) is 9.77. The first kappa shape index (κ1) is 22.3. The van der Waals surface area contributed by atoms with Crippen molar-refractivity contribution in [3.63, 3.8) is 0 Å². The number of amides is 1. The van der Waals surface area contributed by atoms with Crippen LogP contribution < -0.4 is 9.47 Å². The SMILES string of the molecule is CC1=CC(N2C[C@@H](c3ccc(Oc4ccc(C#N)cc4)c(OC4CCCC4)c3)CC2=O)=CCC1. The Bertz CT molecular complexity index is 1170. The molecular weight excluding hydrogens is 424 g/mol. The molecule has 0 spiro atoms. The van der Waals surface area contributed by atoms with Crippen LogP contribution in [0.2, 0.25) is 0 Å². The van der Waals surface area contributed by atoms with Crippen LogP contribution in [-0.2, 0) is 4.79 Å². The molecule has 174 valence electrons. The van der Waals surface area contributed by atoms with Gasteiger partial charge in [0, 0.05) is 24.6 Å². The number of benzene rings is 2. The maximum Gasteiger partial charge on any atom is 0.227 e. The molecule has 34 heavy (non-hydrogen) atoms. The van der Waals surface area contributed by atoms with Crippen molar-refractivity contribution in [1.82, 2.24) is 4.90 Å². The molecule has 1 saturated carbocycles. The minimum absolute atomic E-state index is 0.124. The molecule has 2 aromatic carbocycles. The Morgan fingerprint density at radius 2 is 1.85 bits per heavy atom. The lowest BCUT2D eigenvalue weighted by atomic mass is 9.97. The van der Waals surface area contributed by atoms with Gasteiger partial charge in [0.05, 0.1) is 17.7 Å². The van der Waals surface area contributed by atoms with Crippen molar-refractivity contribution < 1.29 is 14.3 Å². The Morgan fingerprint density at radius 1 is 1.06 bits per heavy atom. The minimum Gasteiger partial charge on any atom is -0.487 e. The van der Waals surface area contributed by atoms with E-state index in [4.69, 9.17) is 14.7 Å². The number of nitrogens with zero attached hydrogens (tertiary/aromatic N) is 2. The number of likely N-dealkylation sites (tertiary alicyclic amines) is 1. The molecule has 2 fully saturated rings. The smallest absolute Gasteiger partial charge is 0.227 e. The van der Waals surface area contributed by atoms with Crippen LogP contribution in [0.5, 0.6) is 17.2 Å². The Labute approximate surface area is 201 Å². The van der Waals surface area contributed by atoms with E-state index in [0.717, 1.165) is 42.7 Å². The van der Waals surface area contributed by atoms with E-state index in [1.807, 2.05) is 11.0 Å². The summed E-state index contributed by atoms with van der Waals surface area (Å²) in [6.07, 6.45) is 11.6. The summed E-state index contributed by atoms with van der Waals surface area (Å²) in [6.45, 7) is 2.82. The maximum atomic E-state index is 12.9. The number of carbonyl (C=O) groups is 1. The van der Waals surface area contributed by atoms with Crippen molar-refractivity contribution in [1.29, 1.82) is 5.26 Å². The summed E-state index contributed by atoms with van der Waals surface area (Å²) in [7, 11) is 0. The van der Waals surface area contributed by atoms with Crippen molar-refractivity contribution >= 4 is 5.91 Å². The monoisotopic (exact) mass is 454 g/mol. The molecule has 1 amide bonds. The third-order valence-corrected chi connectivity index (χ3v) is 6.97. The molecule has 2 aromatic rings. The van der Waals surface area contributed by atoms with E-state index in [0.29, 0.717) is 30.0 Å². The van der Waals surface area contributed by atoms with Gasteiger partial charge in [-0.3, -0.25) is 4.79 Å². The highest BCUT2D eigenvalue weighted by Crippen LogP contribution is 2.40. The molecule has 0 N–H and O–H groups in total. The van der Waals surface area contributed by atoms with Crippen LogP contribution in [0.15, 0.2) is 65.9 Å². The number of allylic oxidation sites excluding steroid dienone is 3. The van der Waals surface area contributed by atoms with Crippen molar-refractivity contribution in [2.24, 2.45) is 0 Å². The molecule has 0 radical (unpaired) electrons. The standard InChI is InChI=1S/C29H30N2O3/c1-20-5-4-6-24(15-20)31-19-23(17-29(31)32)22-11-14-27(28(16-22)34-25-7-2-3-8-25)33-26-12-9-21(18-30)10-13-26/h6,9-16,23,25H,2-5,7-8,17,19H2,1H3/t23-/m0/s1. The van der Waals surface area contributed by atoms with Crippen molar-refractivity contribution in [2.45, 2.75) is 63.9 Å². The minimum atomic E-state index is 0.124. The van der Waals surface area contributed by atoms with E-state index in [1.54, 1.807) is 24.3 Å². The third-order valence-electron chi connectivity index (χ3n) is 6.97. The van der Waals surface area contributed by atoms with Crippen LogP contribution >= 0.6 is 0 Å². The number of rotatable bonds is 6. The lowest BCUT2D eigenvalue weighted by Gasteiger charge is -2.22. The molecule has 5 heteroatoms. The van der Waals surface area contributed by atoms with Crippen LogP contribution in [0, 0.1) is 11.3 Å². The Balaban J connectivity index is 1.39. The predicted molar refractivity (Wildman–Crippen MR) is 131 cm³/mol. The fourth-order valence-corrected chi connectivity index (χ4v) is 5.07. The van der Waals surface area contributed by atoms with Crippen LogP contribution in [0.25, 0.3) is 0 Å². The van der Waals surface area contributed by atoms with Crippen molar-refractivity contribution in [3.05, 3.63) is 77.0 Å². The van der Waals surface area contributed by atoms with E-state index < -0.39 is 0 Å². The van der Waals surface area contributed by atoms with E-state index >= 15 is 0 Å². The first-order chi connectivity index (χ1) is 16.6. The van der Waals surface area contributed by atoms with Gasteiger partial charge in [-0.15, -0.1) is 0 Å². The number of carbonyl (C=O) groups excluding carboxylic acids is 1. The molecule has 0 aromatic heterocycles. The fraction of sp³-hybridized carbons (Fsp3) is 0.379. The molecule has 1 heterocycles. The summed E-state index contributed by atoms with van der Waals surface area (Å²) in [6, 6.07) is 15.3. The molecule has 3 aliphatic rings. The molecular formula is C29H30N2O3. The second-order valence-corrected chi connectivity index (χ2v) is 9.53. The van der Waals surface area contributed by atoms with Gasteiger partial charge in [0.1, 0.15) is 5.75 Å². The average molecular weight is 455 g/mol. The molecule has 1 saturated heterocycles. The largest absolute Gasteiger partial charge is 0.487 e. The highest BCUT2D eigenvalue weighted by Gasteiger charge is 2.33. The highest BCUT2D eigenvalue weighted by atomic mass is 16.5. The molecule has 2 aliphatic carbocycles. The van der Waals surface area contributed by atoms with Crippen LogP contribution in [-0.4, -0.2) is 23.5 Å². The Kier molecular flexibility index (Phi) is 6.40. The molecule has 0 bridgehead atoms. The lowest BCUT2D eigenvalue weighted by molar-refractivity contribution is -0.125. The first-order valence-corrected chi connectivity index (χ1v) is 12.3. The maximum absolute atomic E-state index is 12.9. The Morgan fingerprint density at radius 3 is 2.59 bits per heavy atom. The fourth-order valence-electron chi connectivity index (χ4n) is 5.07. The van der Waals surface area contributed by atoms with Gasteiger partial charge in [0.2, 0.25) is 5.91 Å². The summed E-state index contributed by atoms with van der Waals surface area (Å²) in [5.74, 6) is 2.36. The van der Waals surface area contributed by atoms with Crippen LogP contribution in [0.4, 0.5) is 0 Å². The van der Waals surface area contributed by atoms with E-state index in [2.05, 4.69) is 37.3 Å². The third kappa shape index (κ3) is 4.87. The van der Waals surface area contributed by atoms with Gasteiger partial charge in [-0.1, -0.05) is 17.7 Å². The zero-order valence-corrected chi connectivity index (χ0v) is 19.6. The Hall–Kier alpha value is -3.52. The number of nitriles is 1. The topological polar surface area (TPSA) is 62.6 Å². The zero-order chi connectivity index (χ0) is 23.5. The molecule has 5 nitrogen and oxygen atoms in total. The average Bonchev–Trinajstić information content (AvgIpc) is 3.50. The lowest BCUT2D eigenvalue weighted by Crippen LogP contribution is -2.24. The van der Waals surface area contributed by atoms with Gasteiger partial charge < -0.3 is 14.4 Å². The van der Waals surface area contributed by atoms with E-state index in [1.165, 1.54) is 18.4 Å². The summed E-state index contributed by atoms with van der Waals surface area (Å²) < 4.78 is 12.6. The first-order valence-electron chi connectivity index (χ1n) is 12.3. The van der Waals surface area contributed by atoms with Gasteiger partial charge in [0.15, 0.2) is 11.5 Å². The van der Waals surface area contributed by atoms with Crippen molar-refractivity contribution in [3.8, 4) is 23.3 Å². The van der Waals surface area contributed by atoms with Crippen LogP contribution in [0.1, 0.15) is 68.9 Å². The molecule has 1 aliphatic heterocycles. The van der Waals surface area contributed by atoms with Crippen molar-refractivity contribution in [2.75, 3.05) is 6.54 Å². The number of ether oxygens (including phenoxy) is 2. The normalized spacial score (nSPS) is 20.6. The predicted octanol–water partition coefficient (Wildman–Crippen LogP) is 6.61. The van der Waals surface area contributed by atoms with Gasteiger partial charge in [-0.05, 0) is 93.5 Å². The van der Waals surface area contributed by atoms with Gasteiger partial charge in [-0.25, -0.2) is 0 Å². The van der Waals surface area contributed by atoms with E-state index in [-0.39, 0.29) is 17.9 Å².